The Hall–Kier alpha value is -2.26. The van der Waals surface area contributed by atoms with Crippen molar-refractivity contribution in [3.63, 3.8) is 0 Å². The Morgan fingerprint density at radius 1 is 1.13 bits per heavy atom. The molecule has 0 aliphatic carbocycles. The number of rotatable bonds is 4. The number of nitrogens with one attached hydrogen (secondary N) is 1. The third-order valence-corrected chi connectivity index (χ3v) is 4.33. The Morgan fingerprint density at radius 3 is 2.74 bits per heavy atom. The highest BCUT2D eigenvalue weighted by molar-refractivity contribution is 6.30. The van der Waals surface area contributed by atoms with Crippen molar-refractivity contribution in [2.45, 2.75) is 19.3 Å². The monoisotopic (exact) mass is 325 g/mol. The number of halogens is 1. The van der Waals surface area contributed by atoms with Crippen LogP contribution in [0.5, 0.6) is 0 Å². The summed E-state index contributed by atoms with van der Waals surface area (Å²) in [6, 6.07) is 15.8. The molecule has 1 aromatic heterocycles. The highest BCUT2D eigenvalue weighted by Gasteiger charge is 2.21. The van der Waals surface area contributed by atoms with Gasteiger partial charge in [0.05, 0.1) is 0 Å². The number of hydrogen-bond acceptors (Lipinski definition) is 3. The van der Waals surface area contributed by atoms with Gasteiger partial charge < -0.3 is 11.1 Å². The predicted octanol–water partition coefficient (Wildman–Crippen LogP) is 4.86. The maximum absolute atomic E-state index is 6.12. The molecule has 118 valence electrons. The SMILES string of the molecule is CC(C)(CNc1nccc2cc(N)ccc12)c1cccc(Cl)c1. The molecular weight excluding hydrogens is 306 g/mol. The molecule has 3 aromatic rings. The van der Waals surface area contributed by atoms with E-state index in [4.69, 9.17) is 17.3 Å². The van der Waals surface area contributed by atoms with Crippen LogP contribution >= 0.6 is 11.6 Å². The first-order valence-corrected chi connectivity index (χ1v) is 7.98. The largest absolute Gasteiger partial charge is 0.399 e. The Bertz CT molecular complexity index is 843. The maximum atomic E-state index is 6.12. The molecule has 1 heterocycles. The third-order valence-electron chi connectivity index (χ3n) is 4.09. The minimum absolute atomic E-state index is 0.0669. The maximum Gasteiger partial charge on any atom is 0.133 e. The van der Waals surface area contributed by atoms with Gasteiger partial charge in [0.2, 0.25) is 0 Å². The molecule has 0 atom stereocenters. The Labute approximate surface area is 141 Å². The van der Waals surface area contributed by atoms with Gasteiger partial charge in [0.25, 0.3) is 0 Å². The van der Waals surface area contributed by atoms with E-state index in [1.807, 2.05) is 42.5 Å². The lowest BCUT2D eigenvalue weighted by Gasteiger charge is -2.26. The average Bonchev–Trinajstić information content (AvgIpc) is 2.52. The van der Waals surface area contributed by atoms with Crippen molar-refractivity contribution in [2.24, 2.45) is 0 Å². The van der Waals surface area contributed by atoms with E-state index in [1.165, 1.54) is 5.56 Å². The number of fused-ring (bicyclic) bond motifs is 1. The Kier molecular flexibility index (Phi) is 4.14. The van der Waals surface area contributed by atoms with Crippen molar-refractivity contribution in [1.29, 1.82) is 0 Å². The zero-order chi connectivity index (χ0) is 16.4. The van der Waals surface area contributed by atoms with Crippen LogP contribution in [0.3, 0.4) is 0 Å². The van der Waals surface area contributed by atoms with Crippen molar-refractivity contribution in [3.05, 3.63) is 65.3 Å². The van der Waals surface area contributed by atoms with Crippen LogP contribution in [0.4, 0.5) is 11.5 Å². The number of pyridine rings is 1. The second kappa shape index (κ2) is 6.09. The van der Waals surface area contributed by atoms with Crippen molar-refractivity contribution >= 4 is 33.9 Å². The summed E-state index contributed by atoms with van der Waals surface area (Å²) < 4.78 is 0. The minimum Gasteiger partial charge on any atom is -0.399 e. The first kappa shape index (κ1) is 15.6. The van der Waals surface area contributed by atoms with Gasteiger partial charge in [0.15, 0.2) is 0 Å². The van der Waals surface area contributed by atoms with Crippen molar-refractivity contribution in [3.8, 4) is 0 Å². The topological polar surface area (TPSA) is 50.9 Å². The number of hydrogen-bond donors (Lipinski definition) is 2. The van der Waals surface area contributed by atoms with Gasteiger partial charge in [0.1, 0.15) is 5.82 Å². The number of aromatic nitrogens is 1. The summed E-state index contributed by atoms with van der Waals surface area (Å²) in [6.45, 7) is 5.13. The van der Waals surface area contributed by atoms with Gasteiger partial charge in [-0.2, -0.15) is 0 Å². The molecule has 0 saturated heterocycles. The standard InChI is InChI=1S/C19H20ClN3/c1-19(2,14-4-3-5-15(20)11-14)12-23-18-17-7-6-16(21)10-13(17)8-9-22-18/h3-11H,12,21H2,1-2H3,(H,22,23). The predicted molar refractivity (Wildman–Crippen MR) is 99.1 cm³/mol. The van der Waals surface area contributed by atoms with E-state index in [-0.39, 0.29) is 5.41 Å². The van der Waals surface area contributed by atoms with E-state index in [1.54, 1.807) is 6.20 Å². The summed E-state index contributed by atoms with van der Waals surface area (Å²) in [6.07, 6.45) is 1.80. The molecule has 0 aliphatic heterocycles. The van der Waals surface area contributed by atoms with Gasteiger partial charge in [-0.1, -0.05) is 37.6 Å². The summed E-state index contributed by atoms with van der Waals surface area (Å²) >= 11 is 6.12. The first-order chi connectivity index (χ1) is 11.0. The van der Waals surface area contributed by atoms with E-state index in [0.717, 1.165) is 33.8 Å². The lowest BCUT2D eigenvalue weighted by atomic mass is 9.84. The van der Waals surface area contributed by atoms with Crippen LogP contribution in [-0.2, 0) is 5.41 Å². The number of benzene rings is 2. The lowest BCUT2D eigenvalue weighted by Crippen LogP contribution is -2.28. The van der Waals surface area contributed by atoms with Gasteiger partial charge in [-0.3, -0.25) is 0 Å². The first-order valence-electron chi connectivity index (χ1n) is 7.60. The molecule has 3 N–H and O–H groups in total. The molecule has 4 heteroatoms. The molecule has 0 bridgehead atoms. The smallest absolute Gasteiger partial charge is 0.133 e. The van der Waals surface area contributed by atoms with Crippen LogP contribution in [0.1, 0.15) is 19.4 Å². The van der Waals surface area contributed by atoms with Crippen LogP contribution in [-0.4, -0.2) is 11.5 Å². The van der Waals surface area contributed by atoms with Gasteiger partial charge in [-0.15, -0.1) is 0 Å². The van der Waals surface area contributed by atoms with E-state index >= 15 is 0 Å². The van der Waals surface area contributed by atoms with Gasteiger partial charge in [-0.05, 0) is 47.3 Å². The Morgan fingerprint density at radius 2 is 1.96 bits per heavy atom. The van der Waals surface area contributed by atoms with Gasteiger partial charge in [0, 0.05) is 34.3 Å². The summed E-state index contributed by atoms with van der Waals surface area (Å²) in [7, 11) is 0. The highest BCUT2D eigenvalue weighted by Crippen LogP contribution is 2.28. The lowest BCUT2D eigenvalue weighted by molar-refractivity contribution is 0.556. The fraction of sp³-hybridized carbons (Fsp3) is 0.211. The van der Waals surface area contributed by atoms with Gasteiger partial charge >= 0.3 is 0 Å². The van der Waals surface area contributed by atoms with Crippen molar-refractivity contribution < 1.29 is 0 Å². The highest BCUT2D eigenvalue weighted by atomic mass is 35.5. The molecule has 2 aromatic carbocycles. The molecule has 3 rings (SSSR count). The minimum atomic E-state index is -0.0669. The van der Waals surface area contributed by atoms with E-state index in [9.17, 15) is 0 Å². The van der Waals surface area contributed by atoms with Crippen LogP contribution in [0.25, 0.3) is 10.8 Å². The fourth-order valence-electron chi connectivity index (χ4n) is 2.65. The molecule has 0 spiro atoms. The molecule has 3 nitrogen and oxygen atoms in total. The normalized spacial score (nSPS) is 11.6. The quantitative estimate of drug-likeness (QED) is 0.673. The number of nitrogens with zero attached hydrogens (tertiary/aromatic N) is 1. The molecule has 0 radical (unpaired) electrons. The van der Waals surface area contributed by atoms with Crippen LogP contribution < -0.4 is 11.1 Å². The third kappa shape index (κ3) is 3.40. The molecule has 0 unspecified atom stereocenters. The van der Waals surface area contributed by atoms with Crippen LogP contribution in [0, 0.1) is 0 Å². The molecule has 0 amide bonds. The zero-order valence-electron chi connectivity index (χ0n) is 13.3. The van der Waals surface area contributed by atoms with E-state index in [0.29, 0.717) is 0 Å². The molecule has 0 aliphatic rings. The van der Waals surface area contributed by atoms with Gasteiger partial charge in [-0.25, -0.2) is 4.98 Å². The fourth-order valence-corrected chi connectivity index (χ4v) is 2.84. The van der Waals surface area contributed by atoms with E-state index in [2.05, 4.69) is 30.2 Å². The Balaban J connectivity index is 1.85. The summed E-state index contributed by atoms with van der Waals surface area (Å²) in [4.78, 5) is 4.47. The summed E-state index contributed by atoms with van der Waals surface area (Å²) in [5.41, 5.74) is 7.74. The number of nitrogens with two attached hydrogens (primary N) is 1. The van der Waals surface area contributed by atoms with Crippen molar-refractivity contribution in [2.75, 3.05) is 17.6 Å². The number of nitrogen functional groups attached to an aromatic ring is 1. The van der Waals surface area contributed by atoms with Crippen LogP contribution in [0.15, 0.2) is 54.7 Å². The summed E-state index contributed by atoms with van der Waals surface area (Å²) in [5.74, 6) is 0.873. The van der Waals surface area contributed by atoms with Crippen LogP contribution in [0.2, 0.25) is 5.02 Å². The molecule has 0 fully saturated rings. The second-order valence-corrected chi connectivity index (χ2v) is 6.82. The molecule has 23 heavy (non-hydrogen) atoms. The molecular formula is C19H20ClN3. The van der Waals surface area contributed by atoms with E-state index < -0.39 is 0 Å². The number of anilines is 2. The average molecular weight is 326 g/mol. The van der Waals surface area contributed by atoms with Crippen molar-refractivity contribution in [1.82, 2.24) is 4.98 Å². The summed E-state index contributed by atoms with van der Waals surface area (Å²) in [5, 5.41) is 6.39. The second-order valence-electron chi connectivity index (χ2n) is 6.39. The zero-order valence-corrected chi connectivity index (χ0v) is 14.1. The molecule has 0 saturated carbocycles.